The van der Waals surface area contributed by atoms with Gasteiger partial charge in [0.15, 0.2) is 0 Å². The zero-order valence-corrected chi connectivity index (χ0v) is 16.0. The Balaban J connectivity index is 0.000000828. The Morgan fingerprint density at radius 2 is 1.70 bits per heavy atom. The number of rotatable bonds is 4. The number of hydrogen-bond acceptors (Lipinski definition) is 4. The van der Waals surface area contributed by atoms with E-state index in [9.17, 15) is 14.0 Å². The number of anilines is 1. The largest absolute Gasteiger partial charge is 0.446 e. The molecule has 0 aliphatic heterocycles. The third-order valence-electron chi connectivity index (χ3n) is 3.45. The molecule has 2 aromatic carbocycles. The maximum atomic E-state index is 14.4. The monoisotopic (exact) mass is 375 g/mol. The van der Waals surface area contributed by atoms with Gasteiger partial charge in [-0.15, -0.1) is 0 Å². The summed E-state index contributed by atoms with van der Waals surface area (Å²) in [7, 11) is 1.55. The summed E-state index contributed by atoms with van der Waals surface area (Å²) >= 11 is 0. The van der Waals surface area contributed by atoms with E-state index < -0.39 is 11.9 Å². The Kier molecular flexibility index (Phi) is 8.41. The summed E-state index contributed by atoms with van der Waals surface area (Å²) in [5.41, 5.74) is 12.7. The highest BCUT2D eigenvalue weighted by Gasteiger charge is 2.16. The molecule has 0 aliphatic rings. The van der Waals surface area contributed by atoms with Crippen molar-refractivity contribution in [2.24, 2.45) is 11.5 Å². The van der Waals surface area contributed by atoms with E-state index >= 15 is 0 Å². The fourth-order valence-electron chi connectivity index (χ4n) is 2.15. The van der Waals surface area contributed by atoms with Crippen molar-refractivity contribution in [1.29, 1.82) is 0 Å². The minimum atomic E-state index is -0.514. The van der Waals surface area contributed by atoms with Crippen LogP contribution in [0.2, 0.25) is 0 Å². The van der Waals surface area contributed by atoms with Crippen molar-refractivity contribution in [3.05, 3.63) is 53.8 Å². The molecule has 0 aliphatic carbocycles. The molecule has 0 fully saturated rings. The van der Waals surface area contributed by atoms with E-state index in [4.69, 9.17) is 10.5 Å². The molecule has 0 spiro atoms. The predicted molar refractivity (Wildman–Crippen MR) is 105 cm³/mol. The van der Waals surface area contributed by atoms with Crippen LogP contribution in [0.3, 0.4) is 0 Å². The average molecular weight is 375 g/mol. The van der Waals surface area contributed by atoms with E-state index in [0.29, 0.717) is 17.8 Å². The van der Waals surface area contributed by atoms with Gasteiger partial charge in [-0.3, -0.25) is 9.69 Å². The third kappa shape index (κ3) is 7.07. The molecule has 7 heteroatoms. The first-order chi connectivity index (χ1) is 12.6. The Hall–Kier alpha value is -2.93. The Morgan fingerprint density at radius 3 is 2.15 bits per heavy atom. The maximum absolute atomic E-state index is 14.4. The number of hydrogen-bond donors (Lipinski definition) is 2. The highest BCUT2D eigenvalue weighted by molar-refractivity contribution is 5.87. The topological polar surface area (TPSA) is 98.7 Å². The molecular weight excluding hydrogens is 349 g/mol. The molecule has 0 atom stereocenters. The normalized spacial score (nSPS) is 10.0. The summed E-state index contributed by atoms with van der Waals surface area (Å²) in [6.45, 7) is 5.28. The number of primary amides is 1. The molecule has 4 N–H and O–H groups in total. The van der Waals surface area contributed by atoms with Crippen molar-refractivity contribution in [1.82, 2.24) is 0 Å². The molecular formula is C20H26FN3O3. The molecule has 0 saturated heterocycles. The van der Waals surface area contributed by atoms with Crippen LogP contribution in [-0.2, 0) is 16.1 Å². The zero-order chi connectivity index (χ0) is 20.6. The van der Waals surface area contributed by atoms with Gasteiger partial charge in [0.1, 0.15) is 5.82 Å². The summed E-state index contributed by atoms with van der Waals surface area (Å²) in [5, 5.41) is 0. The van der Waals surface area contributed by atoms with Crippen LogP contribution in [0.25, 0.3) is 11.1 Å². The van der Waals surface area contributed by atoms with Crippen LogP contribution in [0.5, 0.6) is 0 Å². The second-order valence-corrected chi connectivity index (χ2v) is 6.17. The van der Waals surface area contributed by atoms with Crippen LogP contribution in [-0.4, -0.2) is 25.2 Å². The highest BCUT2D eigenvalue weighted by atomic mass is 19.1. The van der Waals surface area contributed by atoms with Crippen LogP contribution in [0, 0.1) is 5.82 Å². The fraction of sp³-hybridized carbons (Fsp3) is 0.300. The highest BCUT2D eigenvalue weighted by Crippen LogP contribution is 2.27. The SMILES string of the molecule is CC(C)OC(=O)N(C)c1ccc(-c2ccc(CN)cc2)c(F)c1.CC(N)=O. The van der Waals surface area contributed by atoms with E-state index in [1.54, 1.807) is 33.0 Å². The van der Waals surface area contributed by atoms with E-state index in [-0.39, 0.29) is 12.0 Å². The van der Waals surface area contributed by atoms with Gasteiger partial charge in [0.2, 0.25) is 5.91 Å². The molecule has 6 nitrogen and oxygen atoms in total. The summed E-state index contributed by atoms with van der Waals surface area (Å²) in [6, 6.07) is 12.1. The van der Waals surface area contributed by atoms with Gasteiger partial charge in [0.25, 0.3) is 0 Å². The molecule has 2 aromatic rings. The van der Waals surface area contributed by atoms with Crippen molar-refractivity contribution in [3.63, 3.8) is 0 Å². The first kappa shape index (κ1) is 22.1. The Labute approximate surface area is 158 Å². The summed E-state index contributed by atoms with van der Waals surface area (Å²) in [5.74, 6) is -0.729. The Bertz CT molecular complexity index is 773. The smallest absolute Gasteiger partial charge is 0.414 e. The van der Waals surface area contributed by atoms with Crippen LogP contribution < -0.4 is 16.4 Å². The lowest BCUT2D eigenvalue weighted by Gasteiger charge is -2.19. The number of nitrogens with two attached hydrogens (primary N) is 2. The molecule has 0 aromatic heterocycles. The van der Waals surface area contributed by atoms with Gasteiger partial charge in [0.05, 0.1) is 6.10 Å². The lowest BCUT2D eigenvalue weighted by atomic mass is 10.0. The van der Waals surface area contributed by atoms with Crippen molar-refractivity contribution in [2.75, 3.05) is 11.9 Å². The van der Waals surface area contributed by atoms with E-state index in [0.717, 1.165) is 11.1 Å². The second-order valence-electron chi connectivity index (χ2n) is 6.17. The van der Waals surface area contributed by atoms with Crippen molar-refractivity contribution >= 4 is 17.7 Å². The summed E-state index contributed by atoms with van der Waals surface area (Å²) < 4.78 is 19.5. The minimum Gasteiger partial charge on any atom is -0.446 e. The van der Waals surface area contributed by atoms with Gasteiger partial charge in [-0.1, -0.05) is 24.3 Å². The molecule has 0 bridgehead atoms. The summed E-state index contributed by atoms with van der Waals surface area (Å²) in [6.07, 6.45) is -0.741. The van der Waals surface area contributed by atoms with Gasteiger partial charge >= 0.3 is 6.09 Å². The van der Waals surface area contributed by atoms with Crippen molar-refractivity contribution < 1.29 is 18.7 Å². The standard InChI is InChI=1S/C18H21FN2O2.C2H5NO/c1-12(2)23-18(22)21(3)15-8-9-16(17(19)10-15)14-6-4-13(11-20)5-7-14;1-2(3)4/h4-10,12H,11,20H2,1-3H3;1H3,(H2,3,4). The molecule has 2 amide bonds. The summed E-state index contributed by atoms with van der Waals surface area (Å²) in [4.78, 5) is 22.4. The first-order valence-electron chi connectivity index (χ1n) is 8.45. The van der Waals surface area contributed by atoms with Crippen LogP contribution in [0.15, 0.2) is 42.5 Å². The first-order valence-corrected chi connectivity index (χ1v) is 8.45. The zero-order valence-electron chi connectivity index (χ0n) is 16.0. The van der Waals surface area contributed by atoms with Gasteiger partial charge in [0, 0.05) is 31.8 Å². The second kappa shape index (κ2) is 10.3. The maximum Gasteiger partial charge on any atom is 0.414 e. The van der Waals surface area contributed by atoms with Crippen LogP contribution >= 0.6 is 0 Å². The number of carbonyl (C=O) groups is 2. The number of ether oxygens (including phenoxy) is 1. The van der Waals surface area contributed by atoms with Gasteiger partial charge < -0.3 is 16.2 Å². The minimum absolute atomic E-state index is 0.227. The number of halogens is 1. The molecule has 0 saturated carbocycles. The van der Waals surface area contributed by atoms with E-state index in [1.807, 2.05) is 24.3 Å². The van der Waals surface area contributed by atoms with Crippen molar-refractivity contribution in [2.45, 2.75) is 33.4 Å². The molecule has 146 valence electrons. The number of carbonyl (C=O) groups excluding carboxylic acids is 2. The van der Waals surface area contributed by atoms with Gasteiger partial charge in [-0.2, -0.15) is 0 Å². The van der Waals surface area contributed by atoms with E-state index in [2.05, 4.69) is 5.73 Å². The molecule has 0 radical (unpaired) electrons. The van der Waals surface area contributed by atoms with Crippen LogP contribution in [0.4, 0.5) is 14.9 Å². The van der Waals surface area contributed by atoms with E-state index in [1.165, 1.54) is 17.9 Å². The molecule has 0 heterocycles. The van der Waals surface area contributed by atoms with Crippen molar-refractivity contribution in [3.8, 4) is 11.1 Å². The molecule has 27 heavy (non-hydrogen) atoms. The average Bonchev–Trinajstić information content (AvgIpc) is 2.60. The molecule has 2 rings (SSSR count). The fourth-order valence-corrected chi connectivity index (χ4v) is 2.15. The predicted octanol–water partition coefficient (Wildman–Crippen LogP) is 3.42. The molecule has 0 unspecified atom stereocenters. The lowest BCUT2D eigenvalue weighted by molar-refractivity contribution is -0.115. The van der Waals surface area contributed by atoms with Gasteiger partial charge in [-0.05, 0) is 43.2 Å². The third-order valence-corrected chi connectivity index (χ3v) is 3.45. The lowest BCUT2D eigenvalue weighted by Crippen LogP contribution is -2.29. The quantitative estimate of drug-likeness (QED) is 0.855. The Morgan fingerprint density at radius 1 is 1.15 bits per heavy atom. The number of benzene rings is 2. The van der Waals surface area contributed by atoms with Gasteiger partial charge in [-0.25, -0.2) is 9.18 Å². The number of amides is 2. The number of nitrogens with zero attached hydrogens (tertiary/aromatic N) is 1. The van der Waals surface area contributed by atoms with Crippen LogP contribution in [0.1, 0.15) is 26.3 Å².